The number of fused-ring (bicyclic) bond motifs is 1. The van der Waals surface area contributed by atoms with Crippen molar-refractivity contribution in [3.05, 3.63) is 41.6 Å². The van der Waals surface area contributed by atoms with Gasteiger partial charge in [0, 0.05) is 35.8 Å². The highest BCUT2D eigenvalue weighted by Gasteiger charge is 2.21. The SMILES string of the molecule is N#CC(=Cc1c[nH]c2ccccc12)C(=O)N1CCCC1. The van der Waals surface area contributed by atoms with Crippen LogP contribution in [0.5, 0.6) is 0 Å². The van der Waals surface area contributed by atoms with Gasteiger partial charge in [-0.1, -0.05) is 18.2 Å². The molecule has 0 bridgehead atoms. The maximum Gasteiger partial charge on any atom is 0.264 e. The number of carbonyl (C=O) groups is 1. The van der Waals surface area contributed by atoms with E-state index in [0.717, 1.165) is 42.4 Å². The lowest BCUT2D eigenvalue weighted by Gasteiger charge is -2.13. The van der Waals surface area contributed by atoms with Crippen molar-refractivity contribution < 1.29 is 4.79 Å². The molecule has 0 radical (unpaired) electrons. The molecule has 0 unspecified atom stereocenters. The summed E-state index contributed by atoms with van der Waals surface area (Å²) in [7, 11) is 0. The van der Waals surface area contributed by atoms with Crippen molar-refractivity contribution in [3.63, 3.8) is 0 Å². The number of rotatable bonds is 2. The molecule has 0 aliphatic carbocycles. The number of likely N-dealkylation sites (tertiary alicyclic amines) is 1. The fraction of sp³-hybridized carbons (Fsp3) is 0.250. The number of aromatic amines is 1. The largest absolute Gasteiger partial charge is 0.361 e. The highest BCUT2D eigenvalue weighted by molar-refractivity contribution is 6.04. The van der Waals surface area contributed by atoms with Gasteiger partial charge in [0.25, 0.3) is 5.91 Å². The van der Waals surface area contributed by atoms with Crippen molar-refractivity contribution in [2.45, 2.75) is 12.8 Å². The summed E-state index contributed by atoms with van der Waals surface area (Å²) in [5, 5.41) is 10.3. The van der Waals surface area contributed by atoms with Crippen LogP contribution >= 0.6 is 0 Å². The normalized spacial score (nSPS) is 15.6. The number of carbonyl (C=O) groups excluding carboxylic acids is 1. The molecule has 0 spiro atoms. The van der Waals surface area contributed by atoms with Gasteiger partial charge < -0.3 is 9.88 Å². The Kier molecular flexibility index (Phi) is 3.26. The quantitative estimate of drug-likeness (QED) is 0.670. The topological polar surface area (TPSA) is 59.9 Å². The summed E-state index contributed by atoms with van der Waals surface area (Å²) >= 11 is 0. The Balaban J connectivity index is 1.96. The van der Waals surface area contributed by atoms with Gasteiger partial charge in [-0.25, -0.2) is 0 Å². The summed E-state index contributed by atoms with van der Waals surface area (Å²) in [5.41, 5.74) is 2.09. The minimum absolute atomic E-state index is 0.157. The Hall–Kier alpha value is -2.54. The number of para-hydroxylation sites is 1. The third-order valence-corrected chi connectivity index (χ3v) is 3.67. The van der Waals surface area contributed by atoms with Gasteiger partial charge in [-0.05, 0) is 25.0 Å². The molecule has 1 aliphatic rings. The fourth-order valence-corrected chi connectivity index (χ4v) is 2.60. The molecule has 1 saturated heterocycles. The second-order valence-corrected chi connectivity index (χ2v) is 4.96. The molecule has 1 fully saturated rings. The molecule has 3 rings (SSSR count). The minimum atomic E-state index is -0.157. The number of hydrogen-bond acceptors (Lipinski definition) is 2. The number of amides is 1. The third kappa shape index (κ3) is 2.19. The van der Waals surface area contributed by atoms with Crippen LogP contribution < -0.4 is 0 Å². The zero-order valence-corrected chi connectivity index (χ0v) is 11.1. The van der Waals surface area contributed by atoms with Crippen LogP contribution in [0.15, 0.2) is 36.0 Å². The van der Waals surface area contributed by atoms with Gasteiger partial charge >= 0.3 is 0 Å². The summed E-state index contributed by atoms with van der Waals surface area (Å²) < 4.78 is 0. The smallest absolute Gasteiger partial charge is 0.264 e. The van der Waals surface area contributed by atoms with Crippen LogP contribution in [0.4, 0.5) is 0 Å². The van der Waals surface area contributed by atoms with E-state index in [9.17, 15) is 10.1 Å². The van der Waals surface area contributed by atoms with Gasteiger partial charge in [-0.2, -0.15) is 5.26 Å². The van der Waals surface area contributed by atoms with Crippen LogP contribution in [0, 0.1) is 11.3 Å². The molecule has 0 saturated carbocycles. The molecule has 2 heterocycles. The second kappa shape index (κ2) is 5.22. The third-order valence-electron chi connectivity index (χ3n) is 3.67. The molecular weight excluding hydrogens is 250 g/mol. The first-order chi connectivity index (χ1) is 9.79. The van der Waals surface area contributed by atoms with Gasteiger partial charge in [0.05, 0.1) is 0 Å². The number of nitrogens with one attached hydrogen (secondary N) is 1. The van der Waals surface area contributed by atoms with Crippen molar-refractivity contribution in [2.24, 2.45) is 0 Å². The average Bonchev–Trinajstić information content (AvgIpc) is 3.14. The van der Waals surface area contributed by atoms with E-state index in [0.29, 0.717) is 0 Å². The number of nitriles is 1. The molecule has 1 aromatic heterocycles. The maximum atomic E-state index is 12.3. The molecule has 4 nitrogen and oxygen atoms in total. The van der Waals surface area contributed by atoms with Crippen molar-refractivity contribution in [1.82, 2.24) is 9.88 Å². The summed E-state index contributed by atoms with van der Waals surface area (Å²) in [4.78, 5) is 17.2. The maximum absolute atomic E-state index is 12.3. The van der Waals surface area contributed by atoms with E-state index >= 15 is 0 Å². The Labute approximate surface area is 117 Å². The van der Waals surface area contributed by atoms with Crippen molar-refractivity contribution >= 4 is 22.9 Å². The summed E-state index contributed by atoms with van der Waals surface area (Å²) in [6.45, 7) is 1.51. The molecule has 4 heteroatoms. The van der Waals surface area contributed by atoms with Gasteiger partial charge in [0.1, 0.15) is 11.6 Å². The first kappa shape index (κ1) is 12.5. The van der Waals surface area contributed by atoms with E-state index in [4.69, 9.17) is 0 Å². The number of aromatic nitrogens is 1. The van der Waals surface area contributed by atoms with E-state index in [1.54, 1.807) is 11.0 Å². The number of benzene rings is 1. The highest BCUT2D eigenvalue weighted by atomic mass is 16.2. The number of hydrogen-bond donors (Lipinski definition) is 1. The zero-order valence-electron chi connectivity index (χ0n) is 11.1. The van der Waals surface area contributed by atoms with Gasteiger partial charge in [-0.15, -0.1) is 0 Å². The van der Waals surface area contributed by atoms with E-state index in [2.05, 4.69) is 4.98 Å². The lowest BCUT2D eigenvalue weighted by molar-refractivity contribution is -0.125. The van der Waals surface area contributed by atoms with E-state index in [-0.39, 0.29) is 11.5 Å². The number of nitrogens with zero attached hydrogens (tertiary/aromatic N) is 2. The van der Waals surface area contributed by atoms with Crippen LogP contribution in [-0.4, -0.2) is 28.9 Å². The van der Waals surface area contributed by atoms with Crippen molar-refractivity contribution in [2.75, 3.05) is 13.1 Å². The standard InChI is InChI=1S/C16H15N3O/c17-10-12(16(20)19-7-3-4-8-19)9-13-11-18-15-6-2-1-5-14(13)15/h1-2,5-6,9,11,18H,3-4,7-8H2. The Bertz CT molecular complexity index is 715. The van der Waals surface area contributed by atoms with Crippen LogP contribution in [0.3, 0.4) is 0 Å². The molecular formula is C16H15N3O. The molecule has 2 aromatic rings. The van der Waals surface area contributed by atoms with Gasteiger partial charge in [0.15, 0.2) is 0 Å². The fourth-order valence-electron chi connectivity index (χ4n) is 2.60. The predicted molar refractivity (Wildman–Crippen MR) is 77.7 cm³/mol. The van der Waals surface area contributed by atoms with Crippen LogP contribution in [-0.2, 0) is 4.79 Å². The van der Waals surface area contributed by atoms with E-state index < -0.39 is 0 Å². The van der Waals surface area contributed by atoms with Crippen LogP contribution in [0.25, 0.3) is 17.0 Å². The molecule has 1 amide bonds. The van der Waals surface area contributed by atoms with Crippen molar-refractivity contribution in [1.29, 1.82) is 5.26 Å². The van der Waals surface area contributed by atoms with Crippen molar-refractivity contribution in [3.8, 4) is 6.07 Å². The molecule has 20 heavy (non-hydrogen) atoms. The van der Waals surface area contributed by atoms with E-state index in [1.807, 2.05) is 36.5 Å². The Morgan fingerprint density at radius 3 is 2.80 bits per heavy atom. The summed E-state index contributed by atoms with van der Waals surface area (Å²) in [6, 6.07) is 9.89. The lowest BCUT2D eigenvalue weighted by Crippen LogP contribution is -2.28. The molecule has 1 N–H and O–H groups in total. The summed E-state index contributed by atoms with van der Waals surface area (Å²) in [6.07, 6.45) is 5.56. The van der Waals surface area contributed by atoms with Gasteiger partial charge in [0.2, 0.25) is 0 Å². The minimum Gasteiger partial charge on any atom is -0.361 e. The van der Waals surface area contributed by atoms with Gasteiger partial charge in [-0.3, -0.25) is 4.79 Å². The first-order valence-corrected chi connectivity index (χ1v) is 6.77. The van der Waals surface area contributed by atoms with Crippen LogP contribution in [0.1, 0.15) is 18.4 Å². The second-order valence-electron chi connectivity index (χ2n) is 4.96. The summed E-state index contributed by atoms with van der Waals surface area (Å²) in [5.74, 6) is -0.157. The Morgan fingerprint density at radius 1 is 1.30 bits per heavy atom. The lowest BCUT2D eigenvalue weighted by atomic mass is 10.1. The Morgan fingerprint density at radius 2 is 2.05 bits per heavy atom. The monoisotopic (exact) mass is 265 g/mol. The number of H-pyrrole nitrogens is 1. The van der Waals surface area contributed by atoms with E-state index in [1.165, 1.54) is 0 Å². The average molecular weight is 265 g/mol. The molecule has 0 atom stereocenters. The predicted octanol–water partition coefficient (Wildman–Crippen LogP) is 2.70. The van der Waals surface area contributed by atoms with Crippen LogP contribution in [0.2, 0.25) is 0 Å². The molecule has 100 valence electrons. The zero-order chi connectivity index (χ0) is 13.9. The molecule has 1 aromatic carbocycles. The highest BCUT2D eigenvalue weighted by Crippen LogP contribution is 2.21. The first-order valence-electron chi connectivity index (χ1n) is 6.77. The molecule has 1 aliphatic heterocycles.